The van der Waals surface area contributed by atoms with Crippen LogP contribution in [0.2, 0.25) is 0 Å². The molecule has 158 valence electrons. The molecule has 1 amide bonds. The van der Waals surface area contributed by atoms with E-state index in [9.17, 15) is 14.4 Å². The van der Waals surface area contributed by atoms with Crippen molar-refractivity contribution in [2.24, 2.45) is 5.73 Å². The first-order chi connectivity index (χ1) is 14.9. The van der Waals surface area contributed by atoms with Gasteiger partial charge in [-0.1, -0.05) is 42.5 Å². The molecule has 31 heavy (non-hydrogen) atoms. The van der Waals surface area contributed by atoms with Crippen LogP contribution in [0.5, 0.6) is 0 Å². The minimum atomic E-state index is -0.979. The van der Waals surface area contributed by atoms with Crippen molar-refractivity contribution in [3.63, 3.8) is 0 Å². The van der Waals surface area contributed by atoms with E-state index >= 15 is 0 Å². The van der Waals surface area contributed by atoms with Gasteiger partial charge in [0.15, 0.2) is 0 Å². The SMILES string of the molecule is CC(=O)Cc1cc(C(=O)Nc2ccccc2CC(=O)O)cc(-c2cccc(CN)c2)c1. The first kappa shape index (κ1) is 21.9. The van der Waals surface area contributed by atoms with Crippen molar-refractivity contribution in [3.8, 4) is 11.1 Å². The van der Waals surface area contributed by atoms with Crippen LogP contribution in [0, 0.1) is 0 Å². The normalized spacial score (nSPS) is 10.5. The predicted molar refractivity (Wildman–Crippen MR) is 120 cm³/mol. The summed E-state index contributed by atoms with van der Waals surface area (Å²) in [7, 11) is 0. The standard InChI is InChI=1S/C25H24N2O4/c1-16(28)9-18-11-21(19-7-4-5-17(10-19)15-26)13-22(12-18)25(31)27-23-8-3-2-6-20(23)14-24(29)30/h2-8,10-13H,9,14-15,26H2,1H3,(H,27,31)(H,29,30). The Morgan fingerprint density at radius 1 is 0.871 bits per heavy atom. The number of anilines is 1. The van der Waals surface area contributed by atoms with Crippen molar-refractivity contribution in [1.29, 1.82) is 0 Å². The highest BCUT2D eigenvalue weighted by molar-refractivity contribution is 6.06. The average Bonchev–Trinajstić information content (AvgIpc) is 2.74. The lowest BCUT2D eigenvalue weighted by molar-refractivity contribution is -0.136. The number of Topliss-reactive ketones (excluding diaryl/α,β-unsaturated/α-hetero) is 1. The molecule has 0 saturated heterocycles. The molecule has 0 radical (unpaired) electrons. The van der Waals surface area contributed by atoms with Crippen LogP contribution in [0.25, 0.3) is 11.1 Å². The molecule has 0 heterocycles. The van der Waals surface area contributed by atoms with E-state index in [4.69, 9.17) is 10.8 Å². The molecule has 0 spiro atoms. The molecule has 6 nitrogen and oxygen atoms in total. The zero-order valence-corrected chi connectivity index (χ0v) is 17.2. The van der Waals surface area contributed by atoms with Gasteiger partial charge in [0.1, 0.15) is 5.78 Å². The number of carboxylic acids is 1. The zero-order valence-electron chi connectivity index (χ0n) is 17.2. The number of carbonyl (C=O) groups is 3. The molecule has 0 bridgehead atoms. The average molecular weight is 416 g/mol. The summed E-state index contributed by atoms with van der Waals surface area (Å²) in [6, 6.07) is 19.8. The molecule has 3 aromatic rings. The number of amides is 1. The molecule has 0 saturated carbocycles. The number of hydrogen-bond acceptors (Lipinski definition) is 4. The largest absolute Gasteiger partial charge is 0.481 e. The first-order valence-corrected chi connectivity index (χ1v) is 9.89. The number of rotatable bonds is 8. The molecular weight excluding hydrogens is 392 g/mol. The van der Waals surface area contributed by atoms with Crippen LogP contribution in [0.15, 0.2) is 66.7 Å². The lowest BCUT2D eigenvalue weighted by Gasteiger charge is -2.13. The van der Waals surface area contributed by atoms with Gasteiger partial charge in [0.25, 0.3) is 5.91 Å². The summed E-state index contributed by atoms with van der Waals surface area (Å²) in [6.45, 7) is 1.90. The third kappa shape index (κ3) is 5.87. The predicted octanol–water partition coefficient (Wildman–Crippen LogP) is 3.82. The van der Waals surface area contributed by atoms with Gasteiger partial charge in [0.2, 0.25) is 0 Å². The molecule has 0 aromatic heterocycles. The monoisotopic (exact) mass is 416 g/mol. The zero-order chi connectivity index (χ0) is 22.4. The molecule has 0 atom stereocenters. The van der Waals surface area contributed by atoms with E-state index in [1.807, 2.05) is 30.3 Å². The molecule has 0 aliphatic rings. The van der Waals surface area contributed by atoms with Crippen molar-refractivity contribution in [3.05, 3.63) is 89.0 Å². The lowest BCUT2D eigenvalue weighted by atomic mass is 9.96. The van der Waals surface area contributed by atoms with Crippen LogP contribution < -0.4 is 11.1 Å². The Morgan fingerprint density at radius 3 is 2.32 bits per heavy atom. The highest BCUT2D eigenvalue weighted by Crippen LogP contribution is 2.25. The Labute approximate surface area is 180 Å². The van der Waals surface area contributed by atoms with Gasteiger partial charge in [-0.3, -0.25) is 14.4 Å². The fourth-order valence-electron chi connectivity index (χ4n) is 3.41. The smallest absolute Gasteiger partial charge is 0.307 e. The third-order valence-corrected chi connectivity index (χ3v) is 4.81. The lowest BCUT2D eigenvalue weighted by Crippen LogP contribution is -2.15. The van der Waals surface area contributed by atoms with E-state index < -0.39 is 5.97 Å². The maximum absolute atomic E-state index is 13.0. The van der Waals surface area contributed by atoms with Crippen LogP contribution in [0.4, 0.5) is 5.69 Å². The number of aliphatic carboxylic acids is 1. The Bertz CT molecular complexity index is 1140. The second-order valence-electron chi connectivity index (χ2n) is 7.38. The number of nitrogens with one attached hydrogen (secondary N) is 1. The van der Waals surface area contributed by atoms with E-state index in [0.29, 0.717) is 23.4 Å². The maximum atomic E-state index is 13.0. The van der Waals surface area contributed by atoms with E-state index in [0.717, 1.165) is 22.3 Å². The second kappa shape index (κ2) is 9.82. The van der Waals surface area contributed by atoms with Gasteiger partial charge in [0.05, 0.1) is 6.42 Å². The first-order valence-electron chi connectivity index (χ1n) is 9.89. The number of hydrogen-bond donors (Lipinski definition) is 3. The van der Waals surface area contributed by atoms with E-state index in [2.05, 4.69) is 5.32 Å². The molecule has 0 aliphatic carbocycles. The fraction of sp³-hybridized carbons (Fsp3) is 0.160. The summed E-state index contributed by atoms with van der Waals surface area (Å²) in [5, 5.41) is 11.9. The molecular formula is C25H24N2O4. The van der Waals surface area contributed by atoms with Gasteiger partial charge < -0.3 is 16.2 Å². The second-order valence-corrected chi connectivity index (χ2v) is 7.38. The number of carbonyl (C=O) groups excluding carboxylic acids is 2. The van der Waals surface area contributed by atoms with Crippen molar-refractivity contribution in [2.75, 3.05) is 5.32 Å². The molecule has 6 heteroatoms. The van der Waals surface area contributed by atoms with Gasteiger partial charge >= 0.3 is 5.97 Å². The Morgan fingerprint density at radius 2 is 1.61 bits per heavy atom. The number of ketones is 1. The topological polar surface area (TPSA) is 109 Å². The summed E-state index contributed by atoms with van der Waals surface area (Å²) in [5.41, 5.74) is 10.5. The summed E-state index contributed by atoms with van der Waals surface area (Å²) >= 11 is 0. The summed E-state index contributed by atoms with van der Waals surface area (Å²) < 4.78 is 0. The maximum Gasteiger partial charge on any atom is 0.307 e. The van der Waals surface area contributed by atoms with Crippen molar-refractivity contribution in [1.82, 2.24) is 0 Å². The molecule has 0 aliphatic heterocycles. The minimum absolute atomic E-state index is 0.00831. The molecule has 3 aromatic carbocycles. The number of carboxylic acid groups (broad SMARTS) is 1. The van der Waals surface area contributed by atoms with Crippen LogP contribution in [0.3, 0.4) is 0 Å². The molecule has 3 rings (SSSR count). The van der Waals surface area contributed by atoms with Gasteiger partial charge in [-0.15, -0.1) is 0 Å². The van der Waals surface area contributed by atoms with Crippen molar-refractivity contribution >= 4 is 23.3 Å². The van der Waals surface area contributed by atoms with Crippen molar-refractivity contribution < 1.29 is 19.5 Å². The van der Waals surface area contributed by atoms with Crippen LogP contribution in [-0.4, -0.2) is 22.8 Å². The number of para-hydroxylation sites is 1. The fourth-order valence-corrected chi connectivity index (χ4v) is 3.41. The van der Waals surface area contributed by atoms with Crippen LogP contribution in [-0.2, 0) is 29.0 Å². The number of nitrogens with two attached hydrogens (primary N) is 1. The van der Waals surface area contributed by atoms with Gasteiger partial charge in [-0.05, 0) is 59.0 Å². The molecule has 0 fully saturated rings. The van der Waals surface area contributed by atoms with Gasteiger partial charge in [-0.25, -0.2) is 0 Å². The van der Waals surface area contributed by atoms with Gasteiger partial charge in [-0.2, -0.15) is 0 Å². The van der Waals surface area contributed by atoms with E-state index in [-0.39, 0.29) is 24.5 Å². The quantitative estimate of drug-likeness (QED) is 0.517. The van der Waals surface area contributed by atoms with Crippen LogP contribution in [0.1, 0.15) is 34.0 Å². The van der Waals surface area contributed by atoms with E-state index in [1.165, 1.54) is 6.92 Å². The minimum Gasteiger partial charge on any atom is -0.481 e. The summed E-state index contributed by atoms with van der Waals surface area (Å²) in [5.74, 6) is -1.36. The summed E-state index contributed by atoms with van der Waals surface area (Å²) in [6.07, 6.45) is 0.0122. The van der Waals surface area contributed by atoms with Crippen molar-refractivity contribution in [2.45, 2.75) is 26.3 Å². The van der Waals surface area contributed by atoms with Gasteiger partial charge in [0, 0.05) is 24.2 Å². The number of benzene rings is 3. The Kier molecular flexibility index (Phi) is 6.95. The Hall–Kier alpha value is -3.77. The highest BCUT2D eigenvalue weighted by Gasteiger charge is 2.14. The molecule has 0 unspecified atom stereocenters. The third-order valence-electron chi connectivity index (χ3n) is 4.81. The van der Waals surface area contributed by atoms with E-state index in [1.54, 1.807) is 36.4 Å². The Balaban J connectivity index is 1.99. The van der Waals surface area contributed by atoms with Crippen LogP contribution >= 0.6 is 0 Å². The highest BCUT2D eigenvalue weighted by atomic mass is 16.4. The molecule has 4 N–H and O–H groups in total. The summed E-state index contributed by atoms with van der Waals surface area (Å²) in [4.78, 5) is 35.9.